The molecule has 0 saturated heterocycles. The third kappa shape index (κ3) is 7.70. The second kappa shape index (κ2) is 13.1. The van der Waals surface area contributed by atoms with Crippen LogP contribution in [0.3, 0.4) is 0 Å². The molecule has 1 N–H and O–H groups in total. The molecule has 0 fully saturated rings. The van der Waals surface area contributed by atoms with Gasteiger partial charge in [-0.2, -0.15) is 0 Å². The number of pyridine rings is 1. The smallest absolute Gasteiger partial charge is 0.180 e. The second-order valence-corrected chi connectivity index (χ2v) is 5.70. The first-order valence-corrected chi connectivity index (χ1v) is 8.21. The van der Waals surface area contributed by atoms with Crippen molar-refractivity contribution >= 4 is 36.4 Å². The molecular weight excluding hydrogens is 383 g/mol. The van der Waals surface area contributed by atoms with E-state index in [1.54, 1.807) is 19.5 Å². The standard InChI is InChI=1S/C18H23ClN2O2.2ClH/c1-3-4-7-20-12-15-9-16(19)18(17(10-15)22-2)23-13-14-6-5-8-21-11-14;;/h5-6,8-11,20H,3-4,7,12-13H2,1-2H3;2*1H. The Balaban J connectivity index is 0.00000288. The largest absolute Gasteiger partial charge is 0.493 e. The van der Waals surface area contributed by atoms with E-state index in [2.05, 4.69) is 17.2 Å². The van der Waals surface area contributed by atoms with Gasteiger partial charge in [-0.15, -0.1) is 24.8 Å². The Kier molecular flexibility index (Phi) is 12.4. The number of nitrogens with one attached hydrogen (secondary N) is 1. The lowest BCUT2D eigenvalue weighted by Crippen LogP contribution is -2.14. The van der Waals surface area contributed by atoms with Crippen LogP contribution in [0.1, 0.15) is 30.9 Å². The van der Waals surface area contributed by atoms with Crippen molar-refractivity contribution in [1.82, 2.24) is 10.3 Å². The Morgan fingerprint density at radius 1 is 1.20 bits per heavy atom. The molecule has 0 bridgehead atoms. The lowest BCUT2D eigenvalue weighted by Gasteiger charge is -2.14. The Bertz CT molecular complexity index is 613. The predicted molar refractivity (Wildman–Crippen MR) is 108 cm³/mol. The van der Waals surface area contributed by atoms with Crippen LogP contribution in [0.15, 0.2) is 36.7 Å². The summed E-state index contributed by atoms with van der Waals surface area (Å²) in [6, 6.07) is 7.72. The summed E-state index contributed by atoms with van der Waals surface area (Å²) in [7, 11) is 1.62. The molecule has 2 aromatic rings. The highest BCUT2D eigenvalue weighted by Crippen LogP contribution is 2.36. The molecule has 0 spiro atoms. The van der Waals surface area contributed by atoms with Crippen LogP contribution in [0.2, 0.25) is 5.02 Å². The summed E-state index contributed by atoms with van der Waals surface area (Å²) in [5, 5.41) is 3.95. The SMILES string of the molecule is CCCCNCc1cc(Cl)c(OCc2cccnc2)c(OC)c1.Cl.Cl. The van der Waals surface area contributed by atoms with Gasteiger partial charge in [-0.3, -0.25) is 4.98 Å². The number of rotatable bonds is 9. The first-order valence-electron chi connectivity index (χ1n) is 7.83. The van der Waals surface area contributed by atoms with Crippen molar-refractivity contribution < 1.29 is 9.47 Å². The van der Waals surface area contributed by atoms with Crippen LogP contribution in [-0.2, 0) is 13.2 Å². The average molecular weight is 408 g/mol. The summed E-state index contributed by atoms with van der Waals surface area (Å²) in [4.78, 5) is 4.07. The van der Waals surface area contributed by atoms with E-state index in [4.69, 9.17) is 21.1 Å². The quantitative estimate of drug-likeness (QED) is 0.590. The summed E-state index contributed by atoms with van der Waals surface area (Å²) in [5.41, 5.74) is 2.06. The summed E-state index contributed by atoms with van der Waals surface area (Å²) in [6.45, 7) is 4.34. The van der Waals surface area contributed by atoms with Crippen LogP contribution in [0.4, 0.5) is 0 Å². The number of aromatic nitrogens is 1. The number of unbranched alkanes of at least 4 members (excludes halogenated alkanes) is 1. The van der Waals surface area contributed by atoms with Gasteiger partial charge >= 0.3 is 0 Å². The fourth-order valence-corrected chi connectivity index (χ4v) is 2.48. The molecule has 0 amide bonds. The van der Waals surface area contributed by atoms with E-state index in [9.17, 15) is 0 Å². The monoisotopic (exact) mass is 406 g/mol. The van der Waals surface area contributed by atoms with Crippen LogP contribution < -0.4 is 14.8 Å². The zero-order valence-corrected chi connectivity index (χ0v) is 16.8. The highest BCUT2D eigenvalue weighted by atomic mass is 35.5. The van der Waals surface area contributed by atoms with Gasteiger partial charge < -0.3 is 14.8 Å². The lowest BCUT2D eigenvalue weighted by atomic mass is 10.2. The zero-order chi connectivity index (χ0) is 16.5. The van der Waals surface area contributed by atoms with Gasteiger partial charge in [-0.1, -0.05) is 31.0 Å². The van der Waals surface area contributed by atoms with E-state index in [0.717, 1.165) is 30.6 Å². The molecule has 1 heterocycles. The fourth-order valence-electron chi connectivity index (χ4n) is 2.19. The van der Waals surface area contributed by atoms with Crippen molar-refractivity contribution in [3.8, 4) is 11.5 Å². The predicted octanol–water partition coefficient (Wildman–Crippen LogP) is 5.06. The van der Waals surface area contributed by atoms with Crippen LogP contribution in [0.25, 0.3) is 0 Å². The molecule has 1 aromatic carbocycles. The zero-order valence-electron chi connectivity index (χ0n) is 14.5. The maximum Gasteiger partial charge on any atom is 0.180 e. The van der Waals surface area contributed by atoms with E-state index in [1.165, 1.54) is 6.42 Å². The minimum absolute atomic E-state index is 0. The van der Waals surface area contributed by atoms with Gasteiger partial charge in [0, 0.05) is 24.5 Å². The maximum absolute atomic E-state index is 6.37. The van der Waals surface area contributed by atoms with E-state index < -0.39 is 0 Å². The molecule has 2 rings (SSSR count). The molecular formula is C18H25Cl3N2O2. The van der Waals surface area contributed by atoms with Gasteiger partial charge in [-0.25, -0.2) is 0 Å². The van der Waals surface area contributed by atoms with Crippen molar-refractivity contribution in [3.05, 3.63) is 52.8 Å². The molecule has 0 atom stereocenters. The number of ether oxygens (including phenoxy) is 2. The molecule has 0 aliphatic heterocycles. The minimum Gasteiger partial charge on any atom is -0.493 e. The summed E-state index contributed by atoms with van der Waals surface area (Å²) >= 11 is 6.37. The average Bonchev–Trinajstić information content (AvgIpc) is 2.58. The first kappa shape index (κ1) is 23.8. The Morgan fingerprint density at radius 2 is 2.00 bits per heavy atom. The summed E-state index contributed by atoms with van der Waals surface area (Å²) in [5.74, 6) is 1.21. The molecule has 0 aliphatic rings. The minimum atomic E-state index is 0. The van der Waals surface area contributed by atoms with Crippen LogP contribution >= 0.6 is 36.4 Å². The van der Waals surface area contributed by atoms with Crippen molar-refractivity contribution in [2.75, 3.05) is 13.7 Å². The molecule has 7 heteroatoms. The molecule has 1 aromatic heterocycles. The maximum atomic E-state index is 6.37. The number of halogens is 3. The molecule has 25 heavy (non-hydrogen) atoms. The van der Waals surface area contributed by atoms with Gasteiger partial charge in [-0.05, 0) is 36.7 Å². The van der Waals surface area contributed by atoms with Crippen molar-refractivity contribution in [1.29, 1.82) is 0 Å². The number of benzene rings is 1. The normalized spacial score (nSPS) is 9.72. The number of nitrogens with zero attached hydrogens (tertiary/aromatic N) is 1. The molecule has 0 radical (unpaired) electrons. The van der Waals surface area contributed by atoms with Gasteiger partial charge in [0.2, 0.25) is 0 Å². The van der Waals surface area contributed by atoms with Gasteiger partial charge in [0.25, 0.3) is 0 Å². The van der Waals surface area contributed by atoms with E-state index in [1.807, 2.05) is 24.3 Å². The fraction of sp³-hybridized carbons (Fsp3) is 0.389. The molecule has 0 saturated carbocycles. The highest BCUT2D eigenvalue weighted by molar-refractivity contribution is 6.32. The molecule has 0 aliphatic carbocycles. The Labute approximate surface area is 167 Å². The topological polar surface area (TPSA) is 43.4 Å². The van der Waals surface area contributed by atoms with Crippen molar-refractivity contribution in [3.63, 3.8) is 0 Å². The molecule has 4 nitrogen and oxygen atoms in total. The lowest BCUT2D eigenvalue weighted by molar-refractivity contribution is 0.284. The van der Waals surface area contributed by atoms with Crippen LogP contribution in [0, 0.1) is 0 Å². The Morgan fingerprint density at radius 3 is 2.64 bits per heavy atom. The third-order valence-electron chi connectivity index (χ3n) is 3.43. The Hall–Kier alpha value is -1.20. The van der Waals surface area contributed by atoms with Crippen molar-refractivity contribution in [2.45, 2.75) is 32.9 Å². The molecule has 140 valence electrons. The van der Waals surface area contributed by atoms with Gasteiger partial charge in [0.05, 0.1) is 12.1 Å². The summed E-state index contributed by atoms with van der Waals surface area (Å²) in [6.07, 6.45) is 5.85. The summed E-state index contributed by atoms with van der Waals surface area (Å²) < 4.78 is 11.3. The molecule has 0 unspecified atom stereocenters. The van der Waals surface area contributed by atoms with Gasteiger partial charge in [0.15, 0.2) is 11.5 Å². The van der Waals surface area contributed by atoms with Gasteiger partial charge in [0.1, 0.15) is 6.61 Å². The van der Waals surface area contributed by atoms with E-state index in [0.29, 0.717) is 23.1 Å². The van der Waals surface area contributed by atoms with Crippen LogP contribution in [-0.4, -0.2) is 18.6 Å². The highest BCUT2D eigenvalue weighted by Gasteiger charge is 2.12. The number of hydrogen-bond donors (Lipinski definition) is 1. The third-order valence-corrected chi connectivity index (χ3v) is 3.71. The van der Waals surface area contributed by atoms with E-state index in [-0.39, 0.29) is 24.8 Å². The first-order chi connectivity index (χ1) is 11.2. The number of hydrogen-bond acceptors (Lipinski definition) is 4. The van der Waals surface area contributed by atoms with Crippen LogP contribution in [0.5, 0.6) is 11.5 Å². The van der Waals surface area contributed by atoms with E-state index >= 15 is 0 Å². The second-order valence-electron chi connectivity index (χ2n) is 5.29. The van der Waals surface area contributed by atoms with Crippen molar-refractivity contribution in [2.24, 2.45) is 0 Å². The number of methoxy groups -OCH3 is 1.